The second kappa shape index (κ2) is 3.41. The number of rotatable bonds is 1. The minimum atomic E-state index is -0.280. The standard InChI is InChI=1S/C8H4FIN2O/c9-6-3-1-5(2-4-6)7-11-12-8(10)13-7/h1-4H. The molecule has 2 aromatic rings. The molecule has 0 aliphatic heterocycles. The quantitative estimate of drug-likeness (QED) is 0.757. The Morgan fingerprint density at radius 2 is 1.85 bits per heavy atom. The summed E-state index contributed by atoms with van der Waals surface area (Å²) in [7, 11) is 0. The Morgan fingerprint density at radius 1 is 1.15 bits per heavy atom. The van der Waals surface area contributed by atoms with E-state index in [2.05, 4.69) is 10.2 Å². The number of hydrogen-bond donors (Lipinski definition) is 0. The lowest BCUT2D eigenvalue weighted by Crippen LogP contribution is -1.78. The molecule has 0 bridgehead atoms. The van der Waals surface area contributed by atoms with Gasteiger partial charge in [-0.05, 0) is 24.3 Å². The normalized spacial score (nSPS) is 10.3. The molecule has 2 rings (SSSR count). The molecule has 0 atom stereocenters. The van der Waals surface area contributed by atoms with Gasteiger partial charge in [-0.3, -0.25) is 0 Å². The van der Waals surface area contributed by atoms with Crippen molar-refractivity contribution in [3.63, 3.8) is 0 Å². The highest BCUT2D eigenvalue weighted by Crippen LogP contribution is 2.18. The summed E-state index contributed by atoms with van der Waals surface area (Å²) in [5.41, 5.74) is 0.719. The first kappa shape index (κ1) is 8.61. The predicted octanol–water partition coefficient (Wildman–Crippen LogP) is 2.48. The second-order valence-electron chi connectivity index (χ2n) is 2.37. The van der Waals surface area contributed by atoms with Gasteiger partial charge >= 0.3 is 0 Å². The van der Waals surface area contributed by atoms with E-state index in [4.69, 9.17) is 4.42 Å². The summed E-state index contributed by atoms with van der Waals surface area (Å²) in [6.07, 6.45) is 0. The van der Waals surface area contributed by atoms with E-state index in [1.165, 1.54) is 12.1 Å². The van der Waals surface area contributed by atoms with Gasteiger partial charge in [-0.2, -0.15) is 0 Å². The molecular weight excluding hydrogens is 286 g/mol. The number of nitrogens with zero attached hydrogens (tertiary/aromatic N) is 2. The molecule has 0 saturated carbocycles. The van der Waals surface area contributed by atoms with E-state index < -0.39 is 0 Å². The summed E-state index contributed by atoms with van der Waals surface area (Å²) >= 11 is 1.92. The monoisotopic (exact) mass is 290 g/mol. The molecule has 0 unspecified atom stereocenters. The Kier molecular flexibility index (Phi) is 2.26. The van der Waals surface area contributed by atoms with Crippen molar-refractivity contribution in [1.82, 2.24) is 10.2 Å². The Hall–Kier alpha value is -0.980. The molecule has 0 aliphatic rings. The van der Waals surface area contributed by atoms with Crippen LogP contribution in [0.4, 0.5) is 4.39 Å². The zero-order valence-electron chi connectivity index (χ0n) is 6.37. The average molecular weight is 290 g/mol. The molecule has 0 N–H and O–H groups in total. The van der Waals surface area contributed by atoms with Crippen LogP contribution < -0.4 is 0 Å². The molecule has 5 heteroatoms. The highest BCUT2D eigenvalue weighted by Gasteiger charge is 2.05. The highest BCUT2D eigenvalue weighted by molar-refractivity contribution is 14.1. The first-order valence-electron chi connectivity index (χ1n) is 3.50. The third kappa shape index (κ3) is 1.85. The fourth-order valence-electron chi connectivity index (χ4n) is 0.914. The maximum Gasteiger partial charge on any atom is 0.278 e. The topological polar surface area (TPSA) is 38.9 Å². The molecule has 1 aromatic heterocycles. The largest absolute Gasteiger partial charge is 0.412 e. The zero-order valence-corrected chi connectivity index (χ0v) is 8.53. The van der Waals surface area contributed by atoms with Crippen LogP contribution in [-0.2, 0) is 0 Å². The van der Waals surface area contributed by atoms with Crippen molar-refractivity contribution < 1.29 is 8.81 Å². The Labute approximate surface area is 87.1 Å². The first-order valence-corrected chi connectivity index (χ1v) is 4.58. The Bertz CT molecular complexity index is 412. The van der Waals surface area contributed by atoms with Crippen LogP contribution in [0.3, 0.4) is 0 Å². The van der Waals surface area contributed by atoms with E-state index in [0.29, 0.717) is 9.79 Å². The van der Waals surface area contributed by atoms with E-state index in [9.17, 15) is 4.39 Å². The van der Waals surface area contributed by atoms with Crippen LogP contribution in [0.1, 0.15) is 0 Å². The van der Waals surface area contributed by atoms with Crippen LogP contribution in [-0.4, -0.2) is 10.2 Å². The van der Waals surface area contributed by atoms with Gasteiger partial charge in [0.1, 0.15) is 5.82 Å². The molecule has 3 nitrogen and oxygen atoms in total. The third-order valence-electron chi connectivity index (χ3n) is 1.49. The summed E-state index contributed by atoms with van der Waals surface area (Å²) < 4.78 is 18.2. The van der Waals surface area contributed by atoms with Crippen molar-refractivity contribution in [1.29, 1.82) is 0 Å². The van der Waals surface area contributed by atoms with Gasteiger partial charge in [0.25, 0.3) is 3.90 Å². The van der Waals surface area contributed by atoms with Gasteiger partial charge in [0.05, 0.1) is 0 Å². The van der Waals surface area contributed by atoms with E-state index in [1.54, 1.807) is 12.1 Å². The van der Waals surface area contributed by atoms with Gasteiger partial charge in [-0.15, -0.1) is 10.2 Å². The van der Waals surface area contributed by atoms with Crippen molar-refractivity contribution in [3.8, 4) is 11.5 Å². The molecule has 66 valence electrons. The van der Waals surface area contributed by atoms with Crippen LogP contribution >= 0.6 is 22.6 Å². The lowest BCUT2D eigenvalue weighted by Gasteiger charge is -1.92. The molecule has 0 saturated heterocycles. The number of benzene rings is 1. The molecule has 0 fully saturated rings. The van der Waals surface area contributed by atoms with Gasteiger partial charge in [0.15, 0.2) is 0 Å². The van der Waals surface area contributed by atoms with Crippen molar-refractivity contribution >= 4 is 22.6 Å². The molecule has 0 amide bonds. The molecule has 13 heavy (non-hydrogen) atoms. The summed E-state index contributed by atoms with van der Waals surface area (Å²) in [5, 5.41) is 7.46. The maximum atomic E-state index is 12.5. The van der Waals surface area contributed by atoms with Crippen molar-refractivity contribution in [2.45, 2.75) is 0 Å². The van der Waals surface area contributed by atoms with Crippen molar-refractivity contribution in [2.24, 2.45) is 0 Å². The van der Waals surface area contributed by atoms with Gasteiger partial charge in [0.2, 0.25) is 5.89 Å². The summed E-state index contributed by atoms with van der Waals surface area (Å²) in [4.78, 5) is 0. The lowest BCUT2D eigenvalue weighted by atomic mass is 10.2. The minimum absolute atomic E-state index is 0.280. The number of hydrogen-bond acceptors (Lipinski definition) is 3. The second-order valence-corrected chi connectivity index (χ2v) is 3.29. The highest BCUT2D eigenvalue weighted by atomic mass is 127. The lowest BCUT2D eigenvalue weighted by molar-refractivity contribution is 0.536. The summed E-state index contributed by atoms with van der Waals surface area (Å²) in [5.74, 6) is 0.127. The van der Waals surface area contributed by atoms with Gasteiger partial charge in [-0.1, -0.05) is 0 Å². The summed E-state index contributed by atoms with van der Waals surface area (Å²) in [6, 6.07) is 5.90. The Balaban J connectivity index is 2.41. The Morgan fingerprint density at radius 3 is 2.38 bits per heavy atom. The van der Waals surface area contributed by atoms with E-state index >= 15 is 0 Å². The van der Waals surface area contributed by atoms with Crippen molar-refractivity contribution in [2.75, 3.05) is 0 Å². The zero-order chi connectivity index (χ0) is 9.26. The van der Waals surface area contributed by atoms with E-state index in [0.717, 1.165) is 5.56 Å². The van der Waals surface area contributed by atoms with Crippen LogP contribution in [0, 0.1) is 9.71 Å². The predicted molar refractivity (Wildman–Crippen MR) is 52.4 cm³/mol. The van der Waals surface area contributed by atoms with Crippen LogP contribution in [0.15, 0.2) is 28.7 Å². The smallest absolute Gasteiger partial charge is 0.278 e. The minimum Gasteiger partial charge on any atom is -0.412 e. The van der Waals surface area contributed by atoms with Gasteiger partial charge in [0, 0.05) is 28.2 Å². The van der Waals surface area contributed by atoms with Crippen LogP contribution in [0.2, 0.25) is 0 Å². The average Bonchev–Trinajstić information content (AvgIpc) is 2.53. The van der Waals surface area contributed by atoms with Crippen LogP contribution in [0.25, 0.3) is 11.5 Å². The third-order valence-corrected chi connectivity index (χ3v) is 1.93. The van der Waals surface area contributed by atoms with E-state index in [-0.39, 0.29) is 5.82 Å². The fourth-order valence-corrected chi connectivity index (χ4v) is 1.23. The van der Waals surface area contributed by atoms with E-state index in [1.807, 2.05) is 22.6 Å². The van der Waals surface area contributed by atoms with Gasteiger partial charge < -0.3 is 4.42 Å². The van der Waals surface area contributed by atoms with Gasteiger partial charge in [-0.25, -0.2) is 4.39 Å². The molecular formula is C8H4FIN2O. The fraction of sp³-hybridized carbons (Fsp3) is 0. The van der Waals surface area contributed by atoms with Crippen molar-refractivity contribution in [3.05, 3.63) is 34.0 Å². The maximum absolute atomic E-state index is 12.5. The SMILES string of the molecule is Fc1ccc(-c2nnc(I)o2)cc1. The molecule has 0 aliphatic carbocycles. The molecule has 0 spiro atoms. The summed E-state index contributed by atoms with van der Waals surface area (Å²) in [6.45, 7) is 0. The first-order chi connectivity index (χ1) is 6.25. The molecule has 1 heterocycles. The number of aromatic nitrogens is 2. The van der Waals surface area contributed by atoms with Crippen LogP contribution in [0.5, 0.6) is 0 Å². The number of halogens is 2. The molecule has 0 radical (unpaired) electrons. The molecule has 1 aromatic carbocycles.